The summed E-state index contributed by atoms with van der Waals surface area (Å²) >= 11 is 0. The second kappa shape index (κ2) is 8.81. The lowest BCUT2D eigenvalue weighted by Gasteiger charge is -2.32. The van der Waals surface area contributed by atoms with Crippen LogP contribution in [0.15, 0.2) is 109 Å². The molecule has 2 nitrogen and oxygen atoms in total. The Kier molecular flexibility index (Phi) is 5.72. The van der Waals surface area contributed by atoms with Gasteiger partial charge in [0.25, 0.3) is 7.37 Å². The maximum atomic E-state index is 14.5. The molecule has 3 atom stereocenters. The molecule has 1 aliphatic rings. The van der Waals surface area contributed by atoms with Crippen molar-refractivity contribution < 1.29 is 9.09 Å². The van der Waals surface area contributed by atoms with Crippen LogP contribution in [-0.2, 0) is 4.57 Å². The summed E-state index contributed by atoms with van der Waals surface area (Å²) in [5.41, 5.74) is 4.57. The van der Waals surface area contributed by atoms with Crippen LogP contribution >= 0.6 is 7.37 Å². The van der Waals surface area contributed by atoms with Gasteiger partial charge in [-0.25, -0.2) is 0 Å². The highest BCUT2D eigenvalue weighted by Crippen LogP contribution is 2.57. The Hall–Kier alpha value is -3.09. The summed E-state index contributed by atoms with van der Waals surface area (Å²) in [6.07, 6.45) is 1.39. The van der Waals surface area contributed by atoms with Crippen molar-refractivity contribution in [1.29, 1.82) is 0 Å². The molecule has 0 N–H and O–H groups in total. The minimum absolute atomic E-state index is 0.121. The summed E-state index contributed by atoms with van der Waals surface area (Å²) in [7, 11) is -3.11. The van der Waals surface area contributed by atoms with Gasteiger partial charge in [0, 0.05) is 11.7 Å². The first-order valence-electron chi connectivity index (χ1n) is 11.2. The van der Waals surface area contributed by atoms with Crippen molar-refractivity contribution in [1.82, 2.24) is 0 Å². The van der Waals surface area contributed by atoms with Crippen molar-refractivity contribution in [3.05, 3.63) is 120 Å². The normalized spacial score (nSPS) is 18.7. The number of hydrogen-bond donors (Lipinski definition) is 0. The summed E-state index contributed by atoms with van der Waals surface area (Å²) in [4.78, 5) is 0. The van der Waals surface area contributed by atoms with E-state index in [1.807, 2.05) is 54.6 Å². The van der Waals surface area contributed by atoms with Crippen LogP contribution in [0.1, 0.15) is 36.3 Å². The van der Waals surface area contributed by atoms with Gasteiger partial charge in [0.1, 0.15) is 5.75 Å². The third kappa shape index (κ3) is 4.04. The predicted molar refractivity (Wildman–Crippen MR) is 133 cm³/mol. The third-order valence-corrected chi connectivity index (χ3v) is 8.97. The van der Waals surface area contributed by atoms with E-state index in [-0.39, 0.29) is 5.92 Å². The van der Waals surface area contributed by atoms with Gasteiger partial charge in [-0.3, -0.25) is 4.57 Å². The Bertz CT molecular complexity index is 1250. The first kappa shape index (κ1) is 20.8. The molecule has 0 saturated heterocycles. The molecule has 4 aromatic rings. The number of para-hydroxylation sites is 1. The molecule has 1 heterocycles. The van der Waals surface area contributed by atoms with Crippen molar-refractivity contribution in [2.45, 2.75) is 25.2 Å². The van der Waals surface area contributed by atoms with E-state index in [2.05, 4.69) is 61.5 Å². The van der Waals surface area contributed by atoms with Crippen LogP contribution in [0.3, 0.4) is 0 Å². The van der Waals surface area contributed by atoms with Gasteiger partial charge >= 0.3 is 0 Å². The molecule has 0 bridgehead atoms. The highest BCUT2D eigenvalue weighted by Gasteiger charge is 2.38. The lowest BCUT2D eigenvalue weighted by molar-refractivity contribution is 0.479. The fraction of sp³-hybridized carbons (Fsp3) is 0.172. The Balaban J connectivity index is 1.53. The second-order valence-electron chi connectivity index (χ2n) is 8.62. The highest BCUT2D eigenvalue weighted by molar-refractivity contribution is 7.67. The second-order valence-corrected chi connectivity index (χ2v) is 11.0. The summed E-state index contributed by atoms with van der Waals surface area (Å²) in [6.45, 7) is 2.26. The minimum Gasteiger partial charge on any atom is -0.439 e. The lowest BCUT2D eigenvalue weighted by Crippen LogP contribution is -2.23. The molecule has 4 aromatic carbocycles. The van der Waals surface area contributed by atoms with Gasteiger partial charge in [-0.2, -0.15) is 0 Å². The van der Waals surface area contributed by atoms with Crippen molar-refractivity contribution >= 4 is 12.7 Å². The van der Waals surface area contributed by atoms with Gasteiger partial charge in [-0.05, 0) is 47.1 Å². The summed E-state index contributed by atoms with van der Waals surface area (Å²) in [6, 6.07) is 37.0. The van der Waals surface area contributed by atoms with Crippen LogP contribution in [0.4, 0.5) is 0 Å². The number of hydrogen-bond acceptors (Lipinski definition) is 2. The molecule has 5 rings (SSSR count). The first-order valence-corrected chi connectivity index (χ1v) is 13.0. The fourth-order valence-electron chi connectivity index (χ4n) is 4.79. The molecular formula is C29H27O2P. The molecule has 0 aromatic heterocycles. The molecule has 0 radical (unpaired) electrons. The van der Waals surface area contributed by atoms with Crippen molar-refractivity contribution in [2.75, 3.05) is 6.16 Å². The highest BCUT2D eigenvalue weighted by atomic mass is 31.2. The fourth-order valence-corrected chi connectivity index (χ4v) is 7.45. The van der Waals surface area contributed by atoms with Gasteiger partial charge in [-0.1, -0.05) is 104 Å². The zero-order valence-corrected chi connectivity index (χ0v) is 19.1. The van der Waals surface area contributed by atoms with E-state index >= 15 is 0 Å². The Labute approximate surface area is 190 Å². The maximum absolute atomic E-state index is 14.5. The van der Waals surface area contributed by atoms with Gasteiger partial charge in [-0.15, -0.1) is 0 Å². The molecule has 0 amide bonds. The van der Waals surface area contributed by atoms with Crippen molar-refractivity contribution in [2.24, 2.45) is 0 Å². The smallest absolute Gasteiger partial charge is 0.278 e. The summed E-state index contributed by atoms with van der Waals surface area (Å²) in [5.74, 6) is 1.19. The molecular weight excluding hydrogens is 411 g/mol. The number of benzene rings is 4. The Morgan fingerprint density at radius 2 is 1.25 bits per heavy atom. The topological polar surface area (TPSA) is 26.3 Å². The van der Waals surface area contributed by atoms with E-state index in [9.17, 15) is 4.57 Å². The van der Waals surface area contributed by atoms with Crippen LogP contribution in [0.25, 0.3) is 11.1 Å². The van der Waals surface area contributed by atoms with E-state index in [0.717, 1.165) is 28.6 Å². The Morgan fingerprint density at radius 3 is 1.97 bits per heavy atom. The zero-order chi connectivity index (χ0) is 22.0. The van der Waals surface area contributed by atoms with E-state index in [1.165, 1.54) is 11.1 Å². The van der Waals surface area contributed by atoms with Crippen molar-refractivity contribution in [3.8, 4) is 16.9 Å². The number of fused-ring (bicyclic) bond motifs is 3. The number of rotatable bonds is 6. The van der Waals surface area contributed by atoms with Crippen LogP contribution in [-0.4, -0.2) is 6.16 Å². The summed E-state index contributed by atoms with van der Waals surface area (Å²) < 4.78 is 20.8. The largest absolute Gasteiger partial charge is 0.439 e. The SMILES string of the molecule is CC(CC(CP1(=O)Oc2ccccc2-c2ccccc21)c1ccccc1)c1ccccc1. The predicted octanol–water partition coefficient (Wildman–Crippen LogP) is 7.63. The lowest BCUT2D eigenvalue weighted by atomic mass is 9.87. The van der Waals surface area contributed by atoms with Gasteiger partial charge < -0.3 is 4.52 Å². The van der Waals surface area contributed by atoms with E-state index in [1.54, 1.807) is 0 Å². The molecule has 3 unspecified atom stereocenters. The molecule has 3 heteroatoms. The molecule has 0 saturated carbocycles. The third-order valence-electron chi connectivity index (χ3n) is 6.43. The van der Waals surface area contributed by atoms with E-state index in [4.69, 9.17) is 4.52 Å². The molecule has 160 valence electrons. The molecule has 0 fully saturated rings. The van der Waals surface area contributed by atoms with Crippen molar-refractivity contribution in [3.63, 3.8) is 0 Å². The van der Waals surface area contributed by atoms with E-state index in [0.29, 0.717) is 12.1 Å². The maximum Gasteiger partial charge on any atom is 0.278 e. The average Bonchev–Trinajstić information content (AvgIpc) is 2.85. The first-order chi connectivity index (χ1) is 15.6. The molecule has 0 aliphatic carbocycles. The molecule has 0 spiro atoms. The van der Waals surface area contributed by atoms with Gasteiger partial charge in [0.05, 0.1) is 5.30 Å². The van der Waals surface area contributed by atoms with Crippen LogP contribution in [0.5, 0.6) is 5.75 Å². The van der Waals surface area contributed by atoms with E-state index < -0.39 is 7.37 Å². The monoisotopic (exact) mass is 438 g/mol. The quantitative estimate of drug-likeness (QED) is 0.289. The molecule has 32 heavy (non-hydrogen) atoms. The van der Waals surface area contributed by atoms with Gasteiger partial charge in [0.15, 0.2) is 0 Å². The van der Waals surface area contributed by atoms with Crippen LogP contribution in [0.2, 0.25) is 0 Å². The molecule has 1 aliphatic heterocycles. The summed E-state index contributed by atoms with van der Waals surface area (Å²) in [5, 5.41) is 0.840. The zero-order valence-electron chi connectivity index (χ0n) is 18.2. The van der Waals surface area contributed by atoms with Gasteiger partial charge in [0.2, 0.25) is 0 Å². The Morgan fingerprint density at radius 1 is 0.688 bits per heavy atom. The minimum atomic E-state index is -3.11. The van der Waals surface area contributed by atoms with Crippen LogP contribution < -0.4 is 9.83 Å². The van der Waals surface area contributed by atoms with Crippen LogP contribution in [0, 0.1) is 0 Å². The average molecular weight is 439 g/mol. The standard InChI is InChI=1S/C29H27O2P/c1-22(23-12-4-2-5-13-23)20-25(24-14-6-3-7-15-24)21-32(30)29-19-11-9-17-27(29)26-16-8-10-18-28(26)31-32/h2-19,22,25H,20-21H2,1H3.